The van der Waals surface area contributed by atoms with Gasteiger partial charge in [0.05, 0.1) is 12.4 Å². The lowest BCUT2D eigenvalue weighted by molar-refractivity contribution is 0.0914. The molecular weight excluding hydrogens is 242 g/mol. The van der Waals surface area contributed by atoms with Crippen LogP contribution >= 0.6 is 0 Å². The molecule has 2 rings (SSSR count). The Bertz CT molecular complexity index is 442. The smallest absolute Gasteiger partial charge is 0.271 e. The molecule has 1 aliphatic rings. The predicted molar refractivity (Wildman–Crippen MR) is 73.4 cm³/mol. The molecule has 0 spiro atoms. The summed E-state index contributed by atoms with van der Waals surface area (Å²) in [5.74, 6) is 5.43. The molecule has 0 aliphatic heterocycles. The molecule has 1 fully saturated rings. The number of nitrogens with zero attached hydrogens (tertiary/aromatic N) is 2. The van der Waals surface area contributed by atoms with Crippen LogP contribution in [0.25, 0.3) is 0 Å². The fraction of sp³-hybridized carbons (Fsp3) is 0.615. The highest BCUT2D eigenvalue weighted by molar-refractivity contribution is 5.92. The van der Waals surface area contributed by atoms with Crippen LogP contribution < -0.4 is 16.6 Å². The SMILES string of the molecule is CC1(CNC(=O)c2cncc(NN)n2)CCCCC1. The lowest BCUT2D eigenvalue weighted by Crippen LogP contribution is -2.37. The summed E-state index contributed by atoms with van der Waals surface area (Å²) >= 11 is 0. The van der Waals surface area contributed by atoms with E-state index in [1.54, 1.807) is 0 Å². The Morgan fingerprint density at radius 1 is 1.37 bits per heavy atom. The Labute approximate surface area is 113 Å². The first-order valence-corrected chi connectivity index (χ1v) is 6.70. The number of hydrogen-bond acceptors (Lipinski definition) is 5. The van der Waals surface area contributed by atoms with E-state index in [1.807, 2.05) is 0 Å². The van der Waals surface area contributed by atoms with Gasteiger partial charge in [-0.2, -0.15) is 0 Å². The van der Waals surface area contributed by atoms with E-state index in [-0.39, 0.29) is 17.0 Å². The van der Waals surface area contributed by atoms with Gasteiger partial charge in [0.1, 0.15) is 5.69 Å². The number of carbonyl (C=O) groups excluding carboxylic acids is 1. The van der Waals surface area contributed by atoms with Gasteiger partial charge in [-0.3, -0.25) is 9.78 Å². The number of nitrogen functional groups attached to an aromatic ring is 1. The van der Waals surface area contributed by atoms with Gasteiger partial charge in [0.15, 0.2) is 5.82 Å². The van der Waals surface area contributed by atoms with E-state index in [9.17, 15) is 4.79 Å². The quantitative estimate of drug-likeness (QED) is 0.565. The number of amides is 1. The number of nitrogens with one attached hydrogen (secondary N) is 2. The Hall–Kier alpha value is -1.69. The standard InChI is InChI=1S/C13H21N5O/c1-13(5-3-2-4-6-13)9-16-12(19)10-7-15-8-11(17-10)18-14/h7-8H,2-6,9,14H2,1H3,(H,16,19)(H,17,18). The summed E-state index contributed by atoms with van der Waals surface area (Å²) < 4.78 is 0. The molecular formula is C13H21N5O. The number of carbonyl (C=O) groups is 1. The maximum absolute atomic E-state index is 12.0. The van der Waals surface area contributed by atoms with Gasteiger partial charge in [0.2, 0.25) is 0 Å². The third kappa shape index (κ3) is 3.64. The molecule has 4 N–H and O–H groups in total. The third-order valence-electron chi connectivity index (χ3n) is 3.75. The fourth-order valence-electron chi connectivity index (χ4n) is 2.51. The minimum atomic E-state index is -0.198. The van der Waals surface area contributed by atoms with Crippen LogP contribution in [0.2, 0.25) is 0 Å². The molecule has 0 aromatic carbocycles. The van der Waals surface area contributed by atoms with Crippen LogP contribution in [0.15, 0.2) is 12.4 Å². The highest BCUT2D eigenvalue weighted by Gasteiger charge is 2.27. The average molecular weight is 263 g/mol. The van der Waals surface area contributed by atoms with Crippen molar-refractivity contribution in [2.75, 3.05) is 12.0 Å². The van der Waals surface area contributed by atoms with E-state index in [0.717, 1.165) is 0 Å². The maximum atomic E-state index is 12.0. The van der Waals surface area contributed by atoms with Crippen LogP contribution in [0.3, 0.4) is 0 Å². The van der Waals surface area contributed by atoms with Crippen LogP contribution in [0, 0.1) is 5.41 Å². The minimum Gasteiger partial charge on any atom is -0.350 e. The minimum absolute atomic E-state index is 0.198. The molecule has 6 heteroatoms. The third-order valence-corrected chi connectivity index (χ3v) is 3.75. The number of hydrogen-bond donors (Lipinski definition) is 3. The van der Waals surface area contributed by atoms with Crippen LogP contribution in [0.1, 0.15) is 49.5 Å². The molecule has 6 nitrogen and oxygen atoms in total. The number of hydrazine groups is 1. The molecule has 0 unspecified atom stereocenters. The fourth-order valence-corrected chi connectivity index (χ4v) is 2.51. The van der Waals surface area contributed by atoms with Crippen molar-refractivity contribution in [3.63, 3.8) is 0 Å². The molecule has 1 heterocycles. The molecule has 19 heavy (non-hydrogen) atoms. The Morgan fingerprint density at radius 3 is 2.79 bits per heavy atom. The second-order valence-electron chi connectivity index (χ2n) is 5.49. The van der Waals surface area contributed by atoms with E-state index < -0.39 is 0 Å². The zero-order chi connectivity index (χ0) is 13.7. The van der Waals surface area contributed by atoms with Gasteiger partial charge in [0.25, 0.3) is 5.91 Å². The number of rotatable bonds is 4. The van der Waals surface area contributed by atoms with E-state index in [0.29, 0.717) is 12.4 Å². The van der Waals surface area contributed by atoms with Crippen LogP contribution in [0.4, 0.5) is 5.82 Å². The lowest BCUT2D eigenvalue weighted by Gasteiger charge is -2.33. The van der Waals surface area contributed by atoms with Crippen molar-refractivity contribution in [1.29, 1.82) is 0 Å². The molecule has 1 saturated carbocycles. The second-order valence-corrected chi connectivity index (χ2v) is 5.49. The van der Waals surface area contributed by atoms with Crippen LogP contribution in [-0.4, -0.2) is 22.4 Å². The largest absolute Gasteiger partial charge is 0.350 e. The monoisotopic (exact) mass is 263 g/mol. The van der Waals surface area contributed by atoms with Crippen LogP contribution in [0.5, 0.6) is 0 Å². The Balaban J connectivity index is 1.93. The first kappa shape index (κ1) is 13.7. The summed E-state index contributed by atoms with van der Waals surface area (Å²) in [6.07, 6.45) is 9.06. The molecule has 0 atom stereocenters. The molecule has 104 valence electrons. The van der Waals surface area contributed by atoms with Crippen molar-refractivity contribution in [2.24, 2.45) is 11.3 Å². The number of nitrogens with two attached hydrogens (primary N) is 1. The molecule has 0 bridgehead atoms. The first-order chi connectivity index (χ1) is 9.13. The van der Waals surface area contributed by atoms with Gasteiger partial charge in [-0.1, -0.05) is 26.2 Å². The topological polar surface area (TPSA) is 92.9 Å². The van der Waals surface area contributed by atoms with Gasteiger partial charge in [-0.25, -0.2) is 10.8 Å². The molecule has 1 aliphatic carbocycles. The maximum Gasteiger partial charge on any atom is 0.271 e. The lowest BCUT2D eigenvalue weighted by atomic mass is 9.76. The van der Waals surface area contributed by atoms with Gasteiger partial charge >= 0.3 is 0 Å². The summed E-state index contributed by atoms with van der Waals surface area (Å²) in [6.45, 7) is 2.92. The van der Waals surface area contributed by atoms with Crippen LogP contribution in [-0.2, 0) is 0 Å². The first-order valence-electron chi connectivity index (χ1n) is 6.70. The van der Waals surface area contributed by atoms with Gasteiger partial charge in [0, 0.05) is 6.54 Å². The van der Waals surface area contributed by atoms with Gasteiger partial charge in [-0.05, 0) is 18.3 Å². The number of aromatic nitrogens is 2. The predicted octanol–water partition coefficient (Wildman–Crippen LogP) is 1.46. The molecule has 0 radical (unpaired) electrons. The average Bonchev–Trinajstić information content (AvgIpc) is 2.46. The summed E-state index contributed by atoms with van der Waals surface area (Å²) in [5, 5.41) is 2.95. The van der Waals surface area contributed by atoms with Gasteiger partial charge in [-0.15, -0.1) is 0 Å². The Morgan fingerprint density at radius 2 is 2.11 bits per heavy atom. The van der Waals surface area contributed by atoms with Crippen molar-refractivity contribution in [3.05, 3.63) is 18.1 Å². The van der Waals surface area contributed by atoms with E-state index in [1.165, 1.54) is 44.5 Å². The summed E-state index contributed by atoms with van der Waals surface area (Å²) in [4.78, 5) is 20.0. The highest BCUT2D eigenvalue weighted by atomic mass is 16.1. The van der Waals surface area contributed by atoms with E-state index >= 15 is 0 Å². The second kappa shape index (κ2) is 5.97. The zero-order valence-electron chi connectivity index (χ0n) is 11.3. The van der Waals surface area contributed by atoms with E-state index in [4.69, 9.17) is 5.84 Å². The van der Waals surface area contributed by atoms with Crippen molar-refractivity contribution >= 4 is 11.7 Å². The van der Waals surface area contributed by atoms with Crippen molar-refractivity contribution in [3.8, 4) is 0 Å². The van der Waals surface area contributed by atoms with E-state index in [2.05, 4.69) is 27.6 Å². The van der Waals surface area contributed by atoms with Gasteiger partial charge < -0.3 is 10.7 Å². The normalized spacial score (nSPS) is 17.8. The molecule has 1 aromatic heterocycles. The number of anilines is 1. The molecule has 1 aromatic rings. The summed E-state index contributed by atoms with van der Waals surface area (Å²) in [5.41, 5.74) is 2.88. The van der Waals surface area contributed by atoms with Crippen molar-refractivity contribution in [1.82, 2.24) is 15.3 Å². The van der Waals surface area contributed by atoms with Crippen molar-refractivity contribution in [2.45, 2.75) is 39.0 Å². The summed E-state index contributed by atoms with van der Waals surface area (Å²) in [6, 6.07) is 0. The molecule has 0 saturated heterocycles. The Kier molecular flexibility index (Phi) is 4.31. The zero-order valence-corrected chi connectivity index (χ0v) is 11.3. The van der Waals surface area contributed by atoms with Crippen molar-refractivity contribution < 1.29 is 4.79 Å². The molecule has 1 amide bonds. The summed E-state index contributed by atoms with van der Waals surface area (Å²) in [7, 11) is 0. The highest BCUT2D eigenvalue weighted by Crippen LogP contribution is 2.34.